The lowest BCUT2D eigenvalue weighted by atomic mass is 9.89. The molecular formula is C83H124N14O17S. The number of carboxylic acid groups (broad SMARTS) is 1. The van der Waals surface area contributed by atoms with Crippen LogP contribution in [0.15, 0.2) is 96.5 Å². The molecule has 1 saturated heterocycles. The molecule has 31 nitrogen and oxygen atoms in total. The molecule has 0 saturated carbocycles. The van der Waals surface area contributed by atoms with Gasteiger partial charge in [0.05, 0.1) is 75.6 Å². The maximum absolute atomic E-state index is 14.9. The van der Waals surface area contributed by atoms with Gasteiger partial charge in [-0.25, -0.2) is 14.8 Å². The van der Waals surface area contributed by atoms with E-state index in [1.54, 1.807) is 82.1 Å². The van der Waals surface area contributed by atoms with Gasteiger partial charge >= 0.3 is 12.1 Å². The normalized spacial score (nSPS) is 15.8. The van der Waals surface area contributed by atoms with Gasteiger partial charge in [-0.05, 0) is 104 Å². The number of amides is 10. The Morgan fingerprint density at radius 2 is 1.35 bits per heavy atom. The molecule has 0 bridgehead atoms. The lowest BCUT2D eigenvalue weighted by molar-refractivity contribution is -0.148. The minimum atomic E-state index is -1.11. The van der Waals surface area contributed by atoms with Crippen LogP contribution in [0.2, 0.25) is 0 Å². The van der Waals surface area contributed by atoms with E-state index >= 15 is 0 Å². The molecule has 0 spiro atoms. The van der Waals surface area contributed by atoms with Crippen molar-refractivity contribution in [3.8, 4) is 0 Å². The van der Waals surface area contributed by atoms with Crippen LogP contribution in [-0.2, 0) is 97.7 Å². The SMILES string of the molecule is CC[C@H](C)[C@@H]([C@@H](CC(=O)N1CCC[C@H]1[C@H](OC)[C@@H](C)C(=O)N[C@@H](Cc1ccccc1)c1nccs1)OC)N(C)C(=O)[C@@H](NC(=O)[C@H](C(C)C)N(C)C(=O)OCc1ccc(NC(=O)[C@H](C)NC(=O)[C@@H](NC(=O)CCOCCOCCNC(=O)[C@H](CCC(=O)O)NC(=O)CCn2c(CN(C)NC)cc3ccccc32)C(C)C)cc1)C(C)C. The van der Waals surface area contributed by atoms with Crippen molar-refractivity contribution < 1.29 is 81.5 Å². The number of hydrogen-bond donors (Lipinski definition) is 9. The summed E-state index contributed by atoms with van der Waals surface area (Å²) in [5.74, 6) is -7.12. The zero-order valence-corrected chi connectivity index (χ0v) is 70.5. The molecule has 1 fully saturated rings. The number of aliphatic carboxylic acids is 1. The third-order valence-electron chi connectivity index (χ3n) is 21.0. The summed E-state index contributed by atoms with van der Waals surface area (Å²) in [6.45, 7) is 19.5. The van der Waals surface area contributed by atoms with E-state index in [0.717, 1.165) is 27.2 Å². The molecule has 10 amide bonds. The number of nitrogens with one attached hydrogen (secondary N) is 8. The van der Waals surface area contributed by atoms with Gasteiger partial charge in [0.25, 0.3) is 0 Å². The molecule has 6 rings (SSSR count). The Labute approximate surface area is 680 Å². The number of likely N-dealkylation sites (tertiary alicyclic amines) is 1. The molecule has 0 unspecified atom stereocenters. The summed E-state index contributed by atoms with van der Waals surface area (Å²) < 4.78 is 31.2. The second-order valence-corrected chi connectivity index (χ2v) is 31.4. The van der Waals surface area contributed by atoms with Crippen LogP contribution in [0.4, 0.5) is 10.5 Å². The number of nitrogens with zero attached hydrogens (tertiary/aromatic N) is 6. The first kappa shape index (κ1) is 94.4. The van der Waals surface area contributed by atoms with Gasteiger partial charge in [-0.3, -0.25) is 58.3 Å². The highest BCUT2D eigenvalue weighted by Crippen LogP contribution is 2.32. The Morgan fingerprint density at radius 3 is 1.97 bits per heavy atom. The summed E-state index contributed by atoms with van der Waals surface area (Å²) in [5.41, 5.74) is 6.99. The maximum atomic E-state index is 14.9. The van der Waals surface area contributed by atoms with Crippen LogP contribution in [-0.4, -0.2) is 236 Å². The van der Waals surface area contributed by atoms with Crippen molar-refractivity contribution in [1.82, 2.24) is 66.6 Å². The van der Waals surface area contributed by atoms with Crippen LogP contribution in [0.1, 0.15) is 148 Å². The molecule has 12 atom stereocenters. The summed E-state index contributed by atoms with van der Waals surface area (Å²) in [4.78, 5) is 159. The number of ether oxygens (including phenoxy) is 5. The van der Waals surface area contributed by atoms with E-state index in [2.05, 4.69) is 58.3 Å². The number of carbonyl (C=O) groups is 11. The fourth-order valence-electron chi connectivity index (χ4n) is 14.3. The molecule has 0 radical (unpaired) electrons. The molecule has 3 heterocycles. The second kappa shape index (κ2) is 47.6. The van der Waals surface area contributed by atoms with E-state index < -0.39 is 126 Å². The number of aryl methyl sites for hydroxylation is 1. The monoisotopic (exact) mass is 1620 g/mol. The van der Waals surface area contributed by atoms with Crippen LogP contribution >= 0.6 is 11.3 Å². The molecular weight excluding hydrogens is 1500 g/mol. The molecule has 5 aromatic rings. The topological polar surface area (TPSA) is 381 Å². The van der Waals surface area contributed by atoms with Crippen LogP contribution in [0, 0.1) is 29.6 Å². The fraction of sp³-hybridized carbons (Fsp3) is 0.590. The van der Waals surface area contributed by atoms with Crippen LogP contribution in [0.3, 0.4) is 0 Å². The highest BCUT2D eigenvalue weighted by Gasteiger charge is 2.44. The van der Waals surface area contributed by atoms with Gasteiger partial charge in [-0.2, -0.15) is 0 Å². The quantitative estimate of drug-likeness (QED) is 0.0140. The maximum Gasteiger partial charge on any atom is 0.410 e. The van der Waals surface area contributed by atoms with Crippen molar-refractivity contribution in [1.29, 1.82) is 0 Å². The Bertz CT molecular complexity index is 3940. The Kier molecular flexibility index (Phi) is 39.0. The summed E-state index contributed by atoms with van der Waals surface area (Å²) in [7, 11) is 9.89. The minimum absolute atomic E-state index is 0.00152. The number of para-hydroxylation sites is 1. The largest absolute Gasteiger partial charge is 0.481 e. The Morgan fingerprint density at radius 1 is 0.678 bits per heavy atom. The standard InChI is InChI=1S/C83H124N14O17S/c1-17-54(8)74(66(110-15)48-69(100)97-39-23-28-65(97)75(111-16)55(9)76(103)90-63(81-86-38-45-115-81)46-57-24-19-18-20-25-57)94(13)82(108)72(52(4)5)92-80(107)73(53(6)7)95(14)83(109)114-50-58-29-31-60(32-30-58)88-77(104)56(10)87-79(106)71(51(2)3)91-68(99)36-41-112-43-44-113-42-37-85-78(105)62(33-34-70(101)102)89-67(98)35-40-96-61(49-93(12)84-11)47-59-26-21-22-27-64(59)96/h18-22,24-27,29-32,38,45,47,51-56,62-63,65-66,71-75,84H,17,23,28,33-37,39-44,46,48-50H2,1-16H3,(H,85,105)(H,87,106)(H,88,104)(H,89,98)(H,90,103)(H,91,99)(H,92,107)(H,101,102)/t54-,55+,56-,62-,63-,65-,66+,71-,72-,73-,74-,75+/m0/s1. The van der Waals surface area contributed by atoms with Crippen molar-refractivity contribution in [3.63, 3.8) is 0 Å². The summed E-state index contributed by atoms with van der Waals surface area (Å²) in [5, 5.41) is 34.7. The average molecular weight is 1620 g/mol. The molecule has 2 aromatic heterocycles. The number of thiazole rings is 1. The Hall–Kier alpha value is -9.44. The lowest BCUT2D eigenvalue weighted by Gasteiger charge is -2.41. The van der Waals surface area contributed by atoms with Crippen LogP contribution < -0.4 is 42.6 Å². The number of hydrogen-bond acceptors (Lipinski definition) is 20. The molecule has 1 aliphatic rings. The van der Waals surface area contributed by atoms with E-state index in [0.29, 0.717) is 56.6 Å². The minimum Gasteiger partial charge on any atom is -0.481 e. The van der Waals surface area contributed by atoms with E-state index in [9.17, 15) is 57.8 Å². The lowest BCUT2D eigenvalue weighted by Crippen LogP contribution is -2.60. The number of fused-ring (bicyclic) bond motifs is 1. The van der Waals surface area contributed by atoms with E-state index in [4.69, 9.17) is 23.7 Å². The number of carboxylic acids is 1. The first-order valence-corrected chi connectivity index (χ1v) is 40.7. The van der Waals surface area contributed by atoms with Gasteiger partial charge in [-0.1, -0.05) is 129 Å². The first-order chi connectivity index (χ1) is 54.8. The van der Waals surface area contributed by atoms with Crippen LogP contribution in [0.5, 0.6) is 0 Å². The number of methoxy groups -OCH3 is 2. The van der Waals surface area contributed by atoms with E-state index in [1.165, 1.54) is 37.3 Å². The van der Waals surface area contributed by atoms with E-state index in [-0.39, 0.29) is 101 Å². The van der Waals surface area contributed by atoms with Crippen molar-refractivity contribution in [2.24, 2.45) is 29.6 Å². The predicted octanol–water partition coefficient (Wildman–Crippen LogP) is 6.98. The van der Waals surface area contributed by atoms with Gasteiger partial charge in [-0.15, -0.1) is 11.3 Å². The summed E-state index contributed by atoms with van der Waals surface area (Å²) in [6, 6.07) is 19.6. The molecule has 634 valence electrons. The Balaban J connectivity index is 0.913. The predicted molar refractivity (Wildman–Crippen MR) is 437 cm³/mol. The third kappa shape index (κ3) is 28.8. The summed E-state index contributed by atoms with van der Waals surface area (Å²) >= 11 is 1.47. The third-order valence-corrected chi connectivity index (χ3v) is 21.9. The zero-order valence-electron chi connectivity index (χ0n) is 69.7. The number of hydrazine groups is 1. The molecule has 1 aliphatic heterocycles. The highest BCUT2D eigenvalue weighted by atomic mass is 32.1. The van der Waals surface area contributed by atoms with Crippen LogP contribution in [0.25, 0.3) is 10.9 Å². The highest BCUT2D eigenvalue weighted by molar-refractivity contribution is 7.09. The van der Waals surface area contributed by atoms with Gasteiger partial charge in [0.1, 0.15) is 41.8 Å². The van der Waals surface area contributed by atoms with Crippen molar-refractivity contribution in [3.05, 3.63) is 118 Å². The number of likely N-dealkylation sites (N-methyl/N-ethyl adjacent to an activating group) is 2. The number of anilines is 1. The van der Waals surface area contributed by atoms with Gasteiger partial charge < -0.3 is 80.4 Å². The number of aromatic nitrogens is 2. The number of carbonyl (C=O) groups excluding carboxylic acids is 10. The van der Waals surface area contributed by atoms with Gasteiger partial charge in [0, 0.05) is 103 Å². The summed E-state index contributed by atoms with van der Waals surface area (Å²) in [6.07, 6.45) is 1.43. The van der Waals surface area contributed by atoms with E-state index in [1.807, 2.05) is 114 Å². The second-order valence-electron chi connectivity index (χ2n) is 30.5. The fourth-order valence-corrected chi connectivity index (χ4v) is 15.0. The van der Waals surface area contributed by atoms with Gasteiger partial charge in [0.15, 0.2) is 0 Å². The molecule has 115 heavy (non-hydrogen) atoms. The van der Waals surface area contributed by atoms with Gasteiger partial charge in [0.2, 0.25) is 53.2 Å². The van der Waals surface area contributed by atoms with Crippen molar-refractivity contribution in [2.45, 2.75) is 207 Å². The number of rotatable bonds is 49. The van der Waals surface area contributed by atoms with Crippen molar-refractivity contribution >= 4 is 93.2 Å². The first-order valence-electron chi connectivity index (χ1n) is 39.8. The zero-order chi connectivity index (χ0) is 84.6. The molecule has 3 aromatic carbocycles. The number of benzene rings is 3. The molecule has 0 aliphatic carbocycles. The van der Waals surface area contributed by atoms with Crippen molar-refractivity contribution in [2.75, 3.05) is 87.2 Å². The molecule has 9 N–H and O–H groups in total. The average Bonchev–Trinajstić information content (AvgIpc) is 1.75. The molecule has 32 heteroatoms. The smallest absolute Gasteiger partial charge is 0.410 e.